The summed E-state index contributed by atoms with van der Waals surface area (Å²) in [7, 11) is 0. The number of hydrogen-bond donors (Lipinski definition) is 3. The van der Waals surface area contributed by atoms with E-state index in [0.717, 1.165) is 18.4 Å². The van der Waals surface area contributed by atoms with E-state index in [9.17, 15) is 9.59 Å². The molecule has 0 heterocycles. The minimum absolute atomic E-state index is 0.0285. The summed E-state index contributed by atoms with van der Waals surface area (Å²) in [6, 6.07) is 7.00. The molecular weight excluding hydrogens is 256 g/mol. The Bertz CT molecular complexity index is 465. The van der Waals surface area contributed by atoms with Crippen LogP contribution < -0.4 is 10.6 Å². The molecule has 0 aliphatic heterocycles. The number of carboxylic acid groups (broad SMARTS) is 1. The molecule has 0 spiro atoms. The van der Waals surface area contributed by atoms with E-state index in [0.29, 0.717) is 19.1 Å². The van der Waals surface area contributed by atoms with Crippen LogP contribution in [0.15, 0.2) is 24.3 Å². The third kappa shape index (κ3) is 4.35. The molecule has 0 radical (unpaired) electrons. The van der Waals surface area contributed by atoms with Crippen molar-refractivity contribution in [2.24, 2.45) is 0 Å². The van der Waals surface area contributed by atoms with Crippen LogP contribution in [-0.2, 0) is 11.3 Å². The number of aromatic carboxylic acids is 1. The van der Waals surface area contributed by atoms with Crippen LogP contribution in [0, 0.1) is 0 Å². The number of benzene rings is 1. The number of carboxylic acids is 1. The zero-order chi connectivity index (χ0) is 14.4. The van der Waals surface area contributed by atoms with Crippen LogP contribution in [0.25, 0.3) is 0 Å². The predicted octanol–water partition coefficient (Wildman–Crippen LogP) is 1.53. The third-order valence-corrected chi connectivity index (χ3v) is 3.60. The molecule has 20 heavy (non-hydrogen) atoms. The maximum Gasteiger partial charge on any atom is 0.335 e. The van der Waals surface area contributed by atoms with E-state index < -0.39 is 5.97 Å². The Morgan fingerprint density at radius 1 is 1.15 bits per heavy atom. The second-order valence-corrected chi connectivity index (χ2v) is 5.14. The topological polar surface area (TPSA) is 78.4 Å². The smallest absolute Gasteiger partial charge is 0.335 e. The van der Waals surface area contributed by atoms with E-state index in [-0.39, 0.29) is 11.5 Å². The zero-order valence-corrected chi connectivity index (χ0v) is 11.4. The Morgan fingerprint density at radius 3 is 2.40 bits per heavy atom. The Hall–Kier alpha value is -1.88. The van der Waals surface area contributed by atoms with Crippen molar-refractivity contribution in [3.8, 4) is 0 Å². The molecule has 1 aromatic rings. The van der Waals surface area contributed by atoms with Gasteiger partial charge in [-0.05, 0) is 30.5 Å². The molecule has 1 aromatic carbocycles. The second kappa shape index (κ2) is 7.05. The summed E-state index contributed by atoms with van der Waals surface area (Å²) < 4.78 is 0. The summed E-state index contributed by atoms with van der Waals surface area (Å²) in [6.07, 6.45) is 4.80. The van der Waals surface area contributed by atoms with E-state index in [1.54, 1.807) is 24.3 Å². The number of carbonyl (C=O) groups is 2. The van der Waals surface area contributed by atoms with Gasteiger partial charge < -0.3 is 15.7 Å². The van der Waals surface area contributed by atoms with Gasteiger partial charge in [0.2, 0.25) is 5.91 Å². The van der Waals surface area contributed by atoms with Crippen LogP contribution in [0.5, 0.6) is 0 Å². The van der Waals surface area contributed by atoms with E-state index in [4.69, 9.17) is 5.11 Å². The molecule has 0 atom stereocenters. The monoisotopic (exact) mass is 276 g/mol. The maximum absolute atomic E-state index is 11.7. The summed E-state index contributed by atoms with van der Waals surface area (Å²) in [6.45, 7) is 0.767. The molecule has 3 N–H and O–H groups in total. The molecule has 1 fully saturated rings. The average Bonchev–Trinajstić information content (AvgIpc) is 2.96. The fourth-order valence-corrected chi connectivity index (χ4v) is 2.40. The van der Waals surface area contributed by atoms with Gasteiger partial charge in [0.15, 0.2) is 0 Å². The van der Waals surface area contributed by atoms with Gasteiger partial charge in [0.05, 0.1) is 12.1 Å². The van der Waals surface area contributed by atoms with E-state index in [1.807, 2.05) is 0 Å². The van der Waals surface area contributed by atoms with Crippen molar-refractivity contribution >= 4 is 11.9 Å². The predicted molar refractivity (Wildman–Crippen MR) is 75.5 cm³/mol. The highest BCUT2D eigenvalue weighted by molar-refractivity contribution is 5.87. The zero-order valence-electron chi connectivity index (χ0n) is 11.4. The SMILES string of the molecule is O=C(CNC1CCCC1)NCc1ccc(C(=O)O)cc1. The second-order valence-electron chi connectivity index (χ2n) is 5.14. The van der Waals surface area contributed by atoms with Crippen LogP contribution >= 0.6 is 0 Å². The summed E-state index contributed by atoms with van der Waals surface area (Å²) in [4.78, 5) is 22.4. The van der Waals surface area contributed by atoms with Crippen LogP contribution in [0.3, 0.4) is 0 Å². The molecule has 1 amide bonds. The van der Waals surface area contributed by atoms with Crippen molar-refractivity contribution < 1.29 is 14.7 Å². The molecule has 2 rings (SSSR count). The maximum atomic E-state index is 11.7. The Balaban J connectivity index is 1.70. The number of carbonyl (C=O) groups excluding carboxylic acids is 1. The van der Waals surface area contributed by atoms with E-state index in [2.05, 4.69) is 10.6 Å². The van der Waals surface area contributed by atoms with Crippen molar-refractivity contribution in [2.45, 2.75) is 38.3 Å². The molecule has 5 heteroatoms. The first-order valence-electron chi connectivity index (χ1n) is 6.97. The van der Waals surface area contributed by atoms with Crippen molar-refractivity contribution in [1.82, 2.24) is 10.6 Å². The lowest BCUT2D eigenvalue weighted by Gasteiger charge is -2.11. The first-order valence-corrected chi connectivity index (χ1v) is 6.97. The van der Waals surface area contributed by atoms with Gasteiger partial charge in [-0.3, -0.25) is 4.79 Å². The fourth-order valence-electron chi connectivity index (χ4n) is 2.40. The number of nitrogens with one attached hydrogen (secondary N) is 2. The lowest BCUT2D eigenvalue weighted by molar-refractivity contribution is -0.120. The minimum atomic E-state index is -0.943. The van der Waals surface area contributed by atoms with Crippen LogP contribution in [0.4, 0.5) is 0 Å². The van der Waals surface area contributed by atoms with Gasteiger partial charge in [0.25, 0.3) is 0 Å². The molecule has 1 saturated carbocycles. The largest absolute Gasteiger partial charge is 0.478 e. The lowest BCUT2D eigenvalue weighted by Crippen LogP contribution is -2.37. The molecule has 1 aliphatic carbocycles. The van der Waals surface area contributed by atoms with Gasteiger partial charge in [-0.25, -0.2) is 4.79 Å². The van der Waals surface area contributed by atoms with Gasteiger partial charge in [-0.15, -0.1) is 0 Å². The molecule has 108 valence electrons. The quantitative estimate of drug-likeness (QED) is 0.736. The van der Waals surface area contributed by atoms with Crippen molar-refractivity contribution in [1.29, 1.82) is 0 Å². The molecular formula is C15H20N2O3. The van der Waals surface area contributed by atoms with Crippen molar-refractivity contribution in [3.05, 3.63) is 35.4 Å². The summed E-state index contributed by atoms with van der Waals surface area (Å²) in [5.41, 5.74) is 1.15. The highest BCUT2D eigenvalue weighted by Crippen LogP contribution is 2.17. The number of rotatable bonds is 6. The first kappa shape index (κ1) is 14.5. The standard InChI is InChI=1S/C15H20N2O3/c18-14(10-16-13-3-1-2-4-13)17-9-11-5-7-12(8-6-11)15(19)20/h5-8,13,16H,1-4,9-10H2,(H,17,18)(H,19,20). The average molecular weight is 276 g/mol. The highest BCUT2D eigenvalue weighted by atomic mass is 16.4. The minimum Gasteiger partial charge on any atom is -0.478 e. The molecule has 0 unspecified atom stereocenters. The summed E-state index contributed by atoms with van der Waals surface area (Å²) in [5, 5.41) is 14.9. The number of hydrogen-bond acceptors (Lipinski definition) is 3. The van der Waals surface area contributed by atoms with Crippen molar-refractivity contribution in [2.75, 3.05) is 6.54 Å². The Morgan fingerprint density at radius 2 is 1.80 bits per heavy atom. The Kier molecular flexibility index (Phi) is 5.12. The van der Waals surface area contributed by atoms with E-state index >= 15 is 0 Å². The van der Waals surface area contributed by atoms with Gasteiger partial charge in [-0.2, -0.15) is 0 Å². The molecule has 5 nitrogen and oxygen atoms in total. The fraction of sp³-hybridized carbons (Fsp3) is 0.467. The third-order valence-electron chi connectivity index (χ3n) is 3.60. The van der Waals surface area contributed by atoms with Crippen LogP contribution in [-0.4, -0.2) is 29.6 Å². The molecule has 1 aliphatic rings. The van der Waals surface area contributed by atoms with Gasteiger partial charge >= 0.3 is 5.97 Å². The van der Waals surface area contributed by atoms with Gasteiger partial charge in [0, 0.05) is 12.6 Å². The summed E-state index contributed by atoms with van der Waals surface area (Å²) in [5.74, 6) is -0.972. The molecule has 0 saturated heterocycles. The van der Waals surface area contributed by atoms with Gasteiger partial charge in [0.1, 0.15) is 0 Å². The molecule has 0 bridgehead atoms. The highest BCUT2D eigenvalue weighted by Gasteiger charge is 2.15. The molecule has 0 aromatic heterocycles. The van der Waals surface area contributed by atoms with Crippen LogP contribution in [0.1, 0.15) is 41.6 Å². The Labute approximate surface area is 118 Å². The normalized spacial score (nSPS) is 15.2. The van der Waals surface area contributed by atoms with E-state index in [1.165, 1.54) is 12.8 Å². The summed E-state index contributed by atoms with van der Waals surface area (Å²) >= 11 is 0. The van der Waals surface area contributed by atoms with Gasteiger partial charge in [-0.1, -0.05) is 25.0 Å². The number of amides is 1. The van der Waals surface area contributed by atoms with Crippen LogP contribution in [0.2, 0.25) is 0 Å². The lowest BCUT2D eigenvalue weighted by atomic mass is 10.1. The van der Waals surface area contributed by atoms with Crippen molar-refractivity contribution in [3.63, 3.8) is 0 Å². The first-order chi connectivity index (χ1) is 9.65.